The highest BCUT2D eigenvalue weighted by atomic mass is 15.2. The predicted molar refractivity (Wildman–Crippen MR) is 102 cm³/mol. The van der Waals surface area contributed by atoms with E-state index in [2.05, 4.69) is 20.3 Å². The lowest BCUT2D eigenvalue weighted by molar-refractivity contribution is 0.766. The van der Waals surface area contributed by atoms with Gasteiger partial charge in [0.2, 0.25) is 5.95 Å². The molecule has 0 bridgehead atoms. The van der Waals surface area contributed by atoms with Crippen LogP contribution in [-0.2, 0) is 0 Å². The maximum atomic E-state index is 5.75. The maximum Gasteiger partial charge on any atom is 0.223 e. The van der Waals surface area contributed by atoms with Gasteiger partial charge < -0.3 is 16.8 Å². The summed E-state index contributed by atoms with van der Waals surface area (Å²) in [5.74, 6) is 1.78. The second-order valence-corrected chi connectivity index (χ2v) is 5.89. The first-order valence-corrected chi connectivity index (χ1v) is 8.17. The largest absolute Gasteiger partial charge is 0.383 e. The van der Waals surface area contributed by atoms with Crippen molar-refractivity contribution >= 4 is 28.7 Å². The number of fused-ring (bicyclic) bond motifs is 1. The number of imidazole rings is 1. The van der Waals surface area contributed by atoms with Gasteiger partial charge >= 0.3 is 0 Å². The molecule has 4 rings (SSSR count). The van der Waals surface area contributed by atoms with Crippen LogP contribution >= 0.6 is 0 Å². The van der Waals surface area contributed by atoms with Crippen LogP contribution in [0.3, 0.4) is 0 Å². The fraction of sp³-hybridized carbons (Fsp3) is 0.111. The Bertz CT molecular complexity index is 1040. The molecule has 1 aromatic carbocycles. The van der Waals surface area contributed by atoms with Gasteiger partial charge in [-0.05, 0) is 31.2 Å². The van der Waals surface area contributed by atoms with Crippen molar-refractivity contribution in [2.45, 2.75) is 13.0 Å². The van der Waals surface area contributed by atoms with Crippen LogP contribution in [0.5, 0.6) is 0 Å². The molecule has 0 amide bonds. The topological polar surface area (TPSA) is 121 Å². The Morgan fingerprint density at radius 3 is 2.58 bits per heavy atom. The molecule has 5 N–H and O–H groups in total. The third kappa shape index (κ3) is 2.88. The molecule has 0 fully saturated rings. The van der Waals surface area contributed by atoms with E-state index in [0.717, 1.165) is 22.7 Å². The number of rotatable bonds is 4. The molecule has 1 atom stereocenters. The molecule has 0 saturated carbocycles. The molecule has 0 aliphatic rings. The lowest BCUT2D eigenvalue weighted by Gasteiger charge is -2.17. The molecule has 0 radical (unpaired) electrons. The van der Waals surface area contributed by atoms with E-state index in [1.807, 2.05) is 54.0 Å². The number of nitrogens with two attached hydrogens (primary N) is 2. The molecule has 8 nitrogen and oxygen atoms in total. The summed E-state index contributed by atoms with van der Waals surface area (Å²) in [7, 11) is 0. The average Bonchev–Trinajstić information content (AvgIpc) is 3.01. The molecule has 3 heterocycles. The normalized spacial score (nSPS) is 12.2. The summed E-state index contributed by atoms with van der Waals surface area (Å²) >= 11 is 0. The van der Waals surface area contributed by atoms with Crippen LogP contribution < -0.4 is 16.8 Å². The van der Waals surface area contributed by atoms with Crippen LogP contribution in [0, 0.1) is 0 Å². The number of hydrogen-bond donors (Lipinski definition) is 3. The Hall–Kier alpha value is -3.68. The molecule has 4 aromatic rings. The third-order valence-corrected chi connectivity index (χ3v) is 3.97. The quantitative estimate of drug-likeness (QED) is 0.519. The summed E-state index contributed by atoms with van der Waals surface area (Å²) in [5, 5.41) is 3.29. The van der Waals surface area contributed by atoms with E-state index in [-0.39, 0.29) is 12.0 Å². The molecule has 0 aliphatic heterocycles. The van der Waals surface area contributed by atoms with Crippen molar-refractivity contribution in [1.29, 1.82) is 0 Å². The number of benzene rings is 1. The second kappa shape index (κ2) is 6.32. The molecular weight excluding hydrogens is 328 g/mol. The van der Waals surface area contributed by atoms with Crippen molar-refractivity contribution in [3.05, 3.63) is 60.6 Å². The van der Waals surface area contributed by atoms with Crippen molar-refractivity contribution in [2.75, 3.05) is 16.8 Å². The minimum absolute atomic E-state index is 0.123. The van der Waals surface area contributed by atoms with E-state index < -0.39 is 0 Å². The molecule has 130 valence electrons. The SMILES string of the molecule is CC(Nc1cc(N)nc(N)n1)c1nc2cccnc2n1-c1ccccc1. The van der Waals surface area contributed by atoms with Crippen molar-refractivity contribution in [3.63, 3.8) is 0 Å². The molecule has 26 heavy (non-hydrogen) atoms. The molecule has 1 unspecified atom stereocenters. The smallest absolute Gasteiger partial charge is 0.223 e. The zero-order chi connectivity index (χ0) is 18.1. The number of hydrogen-bond acceptors (Lipinski definition) is 7. The number of pyridine rings is 1. The molecule has 0 saturated heterocycles. The molecular formula is C18H18N8. The summed E-state index contributed by atoms with van der Waals surface area (Å²) in [6, 6.07) is 15.3. The fourth-order valence-electron chi connectivity index (χ4n) is 2.90. The predicted octanol–water partition coefficient (Wildman–Crippen LogP) is 2.55. The van der Waals surface area contributed by atoms with E-state index in [1.54, 1.807) is 12.3 Å². The van der Waals surface area contributed by atoms with Gasteiger partial charge in [0.15, 0.2) is 5.65 Å². The van der Waals surface area contributed by atoms with Crippen molar-refractivity contribution in [1.82, 2.24) is 24.5 Å². The van der Waals surface area contributed by atoms with Gasteiger partial charge in [0, 0.05) is 18.0 Å². The second-order valence-electron chi connectivity index (χ2n) is 5.89. The van der Waals surface area contributed by atoms with E-state index in [4.69, 9.17) is 16.5 Å². The summed E-state index contributed by atoms with van der Waals surface area (Å²) in [6.07, 6.45) is 1.76. The van der Waals surface area contributed by atoms with Crippen LogP contribution in [0.1, 0.15) is 18.8 Å². The highest BCUT2D eigenvalue weighted by Gasteiger charge is 2.19. The van der Waals surface area contributed by atoms with Gasteiger partial charge in [-0.2, -0.15) is 9.97 Å². The van der Waals surface area contributed by atoms with E-state index in [9.17, 15) is 0 Å². The highest BCUT2D eigenvalue weighted by molar-refractivity contribution is 5.74. The number of aromatic nitrogens is 5. The lowest BCUT2D eigenvalue weighted by Crippen LogP contribution is -2.15. The minimum atomic E-state index is -0.168. The number of para-hydroxylation sites is 1. The minimum Gasteiger partial charge on any atom is -0.383 e. The van der Waals surface area contributed by atoms with Crippen LogP contribution in [0.4, 0.5) is 17.6 Å². The third-order valence-electron chi connectivity index (χ3n) is 3.97. The van der Waals surface area contributed by atoms with Crippen molar-refractivity contribution < 1.29 is 0 Å². The zero-order valence-corrected chi connectivity index (χ0v) is 14.2. The summed E-state index contributed by atoms with van der Waals surface area (Å²) in [6.45, 7) is 2.00. The zero-order valence-electron chi connectivity index (χ0n) is 14.2. The van der Waals surface area contributed by atoms with Gasteiger partial charge in [0.05, 0.1) is 6.04 Å². The Labute approximate surface area is 149 Å². The fourth-order valence-corrected chi connectivity index (χ4v) is 2.90. The van der Waals surface area contributed by atoms with Crippen molar-refractivity contribution in [2.24, 2.45) is 0 Å². The molecule has 0 spiro atoms. The van der Waals surface area contributed by atoms with Gasteiger partial charge in [0.25, 0.3) is 0 Å². The lowest BCUT2D eigenvalue weighted by atomic mass is 10.2. The molecule has 8 heteroatoms. The standard InChI is InChI=1S/C18H18N8/c1-11(22-15-10-14(19)24-18(20)25-15)16-23-13-8-5-9-21-17(13)26(16)12-6-3-2-4-7-12/h2-11H,1H3,(H5,19,20,22,24,25). The number of anilines is 3. The van der Waals surface area contributed by atoms with E-state index in [0.29, 0.717) is 11.6 Å². The average molecular weight is 346 g/mol. The summed E-state index contributed by atoms with van der Waals surface area (Å²) in [5.41, 5.74) is 14.0. The highest BCUT2D eigenvalue weighted by Crippen LogP contribution is 2.26. The van der Waals surface area contributed by atoms with E-state index in [1.165, 1.54) is 0 Å². The first-order chi connectivity index (χ1) is 12.6. The van der Waals surface area contributed by atoms with Gasteiger partial charge in [0.1, 0.15) is 23.0 Å². The van der Waals surface area contributed by atoms with Gasteiger partial charge in [-0.1, -0.05) is 18.2 Å². The number of nitrogen functional groups attached to an aromatic ring is 2. The Morgan fingerprint density at radius 1 is 1.00 bits per heavy atom. The van der Waals surface area contributed by atoms with Gasteiger partial charge in [-0.15, -0.1) is 0 Å². The first kappa shape index (κ1) is 15.8. The van der Waals surface area contributed by atoms with Crippen LogP contribution in [0.15, 0.2) is 54.7 Å². The Morgan fingerprint density at radius 2 is 1.81 bits per heavy atom. The first-order valence-electron chi connectivity index (χ1n) is 8.17. The Balaban J connectivity index is 1.80. The molecule has 0 aliphatic carbocycles. The van der Waals surface area contributed by atoms with Crippen molar-refractivity contribution in [3.8, 4) is 5.69 Å². The van der Waals surface area contributed by atoms with Gasteiger partial charge in [-0.3, -0.25) is 4.57 Å². The Kier molecular flexibility index (Phi) is 3.85. The monoisotopic (exact) mass is 346 g/mol. The van der Waals surface area contributed by atoms with E-state index >= 15 is 0 Å². The summed E-state index contributed by atoms with van der Waals surface area (Å²) < 4.78 is 2.03. The van der Waals surface area contributed by atoms with Crippen LogP contribution in [0.25, 0.3) is 16.9 Å². The molecule has 3 aromatic heterocycles. The van der Waals surface area contributed by atoms with Crippen LogP contribution in [-0.4, -0.2) is 24.5 Å². The number of nitrogens with zero attached hydrogens (tertiary/aromatic N) is 5. The number of nitrogens with one attached hydrogen (secondary N) is 1. The summed E-state index contributed by atoms with van der Waals surface area (Å²) in [4.78, 5) is 17.3. The van der Waals surface area contributed by atoms with Gasteiger partial charge in [-0.25, -0.2) is 9.97 Å². The van der Waals surface area contributed by atoms with Crippen LogP contribution in [0.2, 0.25) is 0 Å². The maximum absolute atomic E-state index is 5.75.